The zero-order chi connectivity index (χ0) is 14.0. The molecule has 1 aromatic rings. The number of carbonyl (C=O) groups excluding carboxylic acids is 1. The Morgan fingerprint density at radius 2 is 1.95 bits per heavy atom. The minimum atomic E-state index is -0.0266. The van der Waals surface area contributed by atoms with E-state index in [1.54, 1.807) is 0 Å². The fraction of sp³-hybridized carbons (Fsp3) is 0.533. The fourth-order valence-electron chi connectivity index (χ4n) is 2.56. The molecule has 0 radical (unpaired) electrons. The summed E-state index contributed by atoms with van der Waals surface area (Å²) in [6.07, 6.45) is 3.52. The van der Waals surface area contributed by atoms with Crippen LogP contribution in [-0.2, 0) is 0 Å². The number of carbonyl (C=O) groups is 1. The van der Waals surface area contributed by atoms with Gasteiger partial charge in [-0.1, -0.05) is 28.4 Å². The van der Waals surface area contributed by atoms with Gasteiger partial charge in [-0.05, 0) is 51.3 Å². The molecule has 2 rings (SSSR count). The average molecular weight is 325 g/mol. The molecule has 1 heterocycles. The lowest BCUT2D eigenvalue weighted by Crippen LogP contribution is -2.54. The molecule has 0 spiro atoms. The molecule has 0 bridgehead atoms. The van der Waals surface area contributed by atoms with Crippen LogP contribution in [0.4, 0.5) is 0 Å². The molecule has 1 aliphatic heterocycles. The van der Waals surface area contributed by atoms with Crippen LogP contribution in [0, 0.1) is 6.92 Å². The molecule has 2 atom stereocenters. The maximum atomic E-state index is 12.3. The maximum Gasteiger partial charge on any atom is 0.265 e. The van der Waals surface area contributed by atoms with Crippen molar-refractivity contribution in [2.75, 3.05) is 0 Å². The summed E-state index contributed by atoms with van der Waals surface area (Å²) >= 11 is 3.47. The van der Waals surface area contributed by atoms with E-state index in [1.165, 1.54) is 6.42 Å². The summed E-state index contributed by atoms with van der Waals surface area (Å²) in [6, 6.07) is 6.52. The second-order valence-electron chi connectivity index (χ2n) is 5.44. The van der Waals surface area contributed by atoms with Gasteiger partial charge < -0.3 is 0 Å². The lowest BCUT2D eigenvalue weighted by atomic mass is 10.00. The van der Waals surface area contributed by atoms with Gasteiger partial charge in [-0.3, -0.25) is 10.2 Å². The minimum absolute atomic E-state index is 0.0266. The molecule has 0 aliphatic carbocycles. The largest absolute Gasteiger partial charge is 0.284 e. The van der Waals surface area contributed by atoms with Gasteiger partial charge in [-0.25, -0.2) is 5.01 Å². The predicted octanol–water partition coefficient (Wildman–Crippen LogP) is 3.67. The number of aryl methyl sites for hydroxylation is 1. The van der Waals surface area contributed by atoms with E-state index in [2.05, 4.69) is 40.2 Å². The van der Waals surface area contributed by atoms with Gasteiger partial charge in [0.05, 0.1) is 0 Å². The normalized spacial score (nSPS) is 24.2. The van der Waals surface area contributed by atoms with Crippen LogP contribution in [0.3, 0.4) is 0 Å². The van der Waals surface area contributed by atoms with Crippen molar-refractivity contribution in [2.24, 2.45) is 0 Å². The number of nitrogens with one attached hydrogen (secondary N) is 1. The molecule has 1 amide bonds. The van der Waals surface area contributed by atoms with Crippen LogP contribution in [0.15, 0.2) is 22.7 Å². The molecule has 3 nitrogen and oxygen atoms in total. The van der Waals surface area contributed by atoms with Crippen LogP contribution in [0.25, 0.3) is 0 Å². The SMILES string of the molecule is Cc1ccc(C(=O)NN2C(C)CCCC2C)cc1Br. The van der Waals surface area contributed by atoms with Crippen molar-refractivity contribution >= 4 is 21.8 Å². The summed E-state index contributed by atoms with van der Waals surface area (Å²) in [7, 11) is 0. The number of rotatable bonds is 2. The highest BCUT2D eigenvalue weighted by Crippen LogP contribution is 2.21. The molecule has 1 fully saturated rings. The van der Waals surface area contributed by atoms with Crippen LogP contribution in [0.5, 0.6) is 0 Å². The lowest BCUT2D eigenvalue weighted by molar-refractivity contribution is 0.0370. The quantitative estimate of drug-likeness (QED) is 0.900. The Bertz CT molecular complexity index is 465. The zero-order valence-electron chi connectivity index (χ0n) is 11.7. The van der Waals surface area contributed by atoms with Crippen molar-refractivity contribution in [1.82, 2.24) is 10.4 Å². The van der Waals surface area contributed by atoms with Crippen molar-refractivity contribution in [3.63, 3.8) is 0 Å². The molecule has 2 unspecified atom stereocenters. The van der Waals surface area contributed by atoms with Gasteiger partial charge in [0.1, 0.15) is 0 Å². The Hall–Kier alpha value is -0.870. The van der Waals surface area contributed by atoms with E-state index in [0.717, 1.165) is 22.9 Å². The van der Waals surface area contributed by atoms with Crippen molar-refractivity contribution in [3.05, 3.63) is 33.8 Å². The summed E-state index contributed by atoms with van der Waals surface area (Å²) in [5.74, 6) is -0.0266. The first kappa shape index (κ1) is 14.5. The van der Waals surface area contributed by atoms with Crippen molar-refractivity contribution in [1.29, 1.82) is 0 Å². The number of halogens is 1. The van der Waals surface area contributed by atoms with Gasteiger partial charge in [0.15, 0.2) is 0 Å². The summed E-state index contributed by atoms with van der Waals surface area (Å²) in [4.78, 5) is 12.3. The molecule has 4 heteroatoms. The third kappa shape index (κ3) is 3.37. The topological polar surface area (TPSA) is 32.3 Å². The van der Waals surface area contributed by atoms with Crippen LogP contribution in [0.2, 0.25) is 0 Å². The number of hydrazine groups is 1. The molecular formula is C15H21BrN2O. The smallest absolute Gasteiger partial charge is 0.265 e. The Labute approximate surface area is 123 Å². The van der Waals surface area contributed by atoms with Crippen LogP contribution in [0.1, 0.15) is 49.0 Å². The van der Waals surface area contributed by atoms with Gasteiger partial charge in [0.2, 0.25) is 0 Å². The predicted molar refractivity (Wildman–Crippen MR) is 81.0 cm³/mol. The first-order chi connectivity index (χ1) is 8.99. The van der Waals surface area contributed by atoms with E-state index in [9.17, 15) is 4.79 Å². The fourth-order valence-corrected chi connectivity index (χ4v) is 2.94. The van der Waals surface area contributed by atoms with E-state index >= 15 is 0 Å². The van der Waals surface area contributed by atoms with Crippen LogP contribution in [-0.4, -0.2) is 23.0 Å². The Balaban J connectivity index is 2.09. The van der Waals surface area contributed by atoms with E-state index in [0.29, 0.717) is 17.6 Å². The van der Waals surface area contributed by atoms with E-state index < -0.39 is 0 Å². The van der Waals surface area contributed by atoms with E-state index in [4.69, 9.17) is 0 Å². The highest BCUT2D eigenvalue weighted by molar-refractivity contribution is 9.10. The second kappa shape index (κ2) is 6.06. The number of amides is 1. The molecule has 19 heavy (non-hydrogen) atoms. The van der Waals surface area contributed by atoms with Crippen molar-refractivity contribution in [3.8, 4) is 0 Å². The monoisotopic (exact) mass is 324 g/mol. The zero-order valence-corrected chi connectivity index (χ0v) is 13.3. The summed E-state index contributed by atoms with van der Waals surface area (Å²) < 4.78 is 0.972. The molecule has 1 N–H and O–H groups in total. The van der Waals surface area contributed by atoms with E-state index in [-0.39, 0.29) is 5.91 Å². The minimum Gasteiger partial charge on any atom is -0.284 e. The third-order valence-corrected chi connectivity index (χ3v) is 4.71. The van der Waals surface area contributed by atoms with Gasteiger partial charge in [-0.15, -0.1) is 0 Å². The highest BCUT2D eigenvalue weighted by atomic mass is 79.9. The average Bonchev–Trinajstić information content (AvgIpc) is 2.37. The highest BCUT2D eigenvalue weighted by Gasteiger charge is 2.26. The Kier molecular flexibility index (Phi) is 4.63. The number of nitrogens with zero attached hydrogens (tertiary/aromatic N) is 1. The first-order valence-corrected chi connectivity index (χ1v) is 7.64. The molecule has 0 saturated carbocycles. The summed E-state index contributed by atoms with van der Waals surface area (Å²) in [6.45, 7) is 6.35. The van der Waals surface area contributed by atoms with Crippen LogP contribution >= 0.6 is 15.9 Å². The molecular weight excluding hydrogens is 304 g/mol. The summed E-state index contributed by atoms with van der Waals surface area (Å²) in [5, 5.41) is 2.10. The molecule has 0 aromatic heterocycles. The molecule has 1 aromatic carbocycles. The second-order valence-corrected chi connectivity index (χ2v) is 6.30. The third-order valence-electron chi connectivity index (χ3n) is 3.86. The summed E-state index contributed by atoms with van der Waals surface area (Å²) in [5.41, 5.74) is 4.89. The Morgan fingerprint density at radius 3 is 2.53 bits per heavy atom. The molecule has 1 aliphatic rings. The van der Waals surface area contributed by atoms with Gasteiger partial charge >= 0.3 is 0 Å². The van der Waals surface area contributed by atoms with Crippen molar-refractivity contribution in [2.45, 2.75) is 52.1 Å². The van der Waals surface area contributed by atoms with Crippen LogP contribution < -0.4 is 5.43 Å². The van der Waals surface area contributed by atoms with Gasteiger partial charge in [0.25, 0.3) is 5.91 Å². The molecule has 104 valence electrons. The first-order valence-electron chi connectivity index (χ1n) is 6.84. The van der Waals surface area contributed by atoms with E-state index in [1.807, 2.05) is 25.1 Å². The Morgan fingerprint density at radius 1 is 1.32 bits per heavy atom. The van der Waals surface area contributed by atoms with Crippen molar-refractivity contribution < 1.29 is 4.79 Å². The lowest BCUT2D eigenvalue weighted by Gasteiger charge is -2.38. The number of benzene rings is 1. The van der Waals surface area contributed by atoms with Gasteiger partial charge in [-0.2, -0.15) is 0 Å². The maximum absolute atomic E-state index is 12.3. The standard InChI is InChI=1S/C15H21BrN2O/c1-10-7-8-13(9-14(10)16)15(19)17-18-11(2)5-4-6-12(18)3/h7-9,11-12H,4-6H2,1-3H3,(H,17,19). The van der Waals surface area contributed by atoms with Gasteiger partial charge in [0, 0.05) is 22.1 Å². The number of piperidine rings is 1. The molecule has 1 saturated heterocycles. The number of hydrogen-bond acceptors (Lipinski definition) is 2. The number of hydrogen-bond donors (Lipinski definition) is 1.